The molecule has 0 saturated carbocycles. The van der Waals surface area contributed by atoms with Gasteiger partial charge in [-0.05, 0) is 51.0 Å². The lowest BCUT2D eigenvalue weighted by molar-refractivity contribution is 0.0478. The Morgan fingerprint density at radius 1 is 1.36 bits per heavy atom. The third-order valence-corrected chi connectivity index (χ3v) is 3.56. The molecule has 1 unspecified atom stereocenters. The lowest BCUT2D eigenvalue weighted by atomic mass is 9.84. The number of carbonyl (C=O) groups is 1. The molecule has 1 aromatic carbocycles. The summed E-state index contributed by atoms with van der Waals surface area (Å²) in [7, 11) is 0. The van der Waals surface area contributed by atoms with Crippen molar-refractivity contribution >= 4 is 22.0 Å². The number of amides is 1. The normalized spacial score (nSPS) is 14.3. The van der Waals surface area contributed by atoms with Crippen LogP contribution in [0.5, 0.6) is 0 Å². The SMILES string of the molecule is CC(CO)(CNC(=O)OC(C)(C)C)Cc1cc(Br)ccc1F. The average Bonchev–Trinajstić information content (AvgIpc) is 2.39. The Labute approximate surface area is 139 Å². The van der Waals surface area contributed by atoms with Crippen LogP contribution in [0.2, 0.25) is 0 Å². The Bertz CT molecular complexity index is 531. The molecule has 4 nitrogen and oxygen atoms in total. The van der Waals surface area contributed by atoms with Gasteiger partial charge in [0.1, 0.15) is 11.4 Å². The molecule has 22 heavy (non-hydrogen) atoms. The number of alkyl carbamates (subject to hydrolysis) is 1. The Kier molecular flexibility index (Phi) is 6.38. The van der Waals surface area contributed by atoms with E-state index < -0.39 is 17.1 Å². The highest BCUT2D eigenvalue weighted by molar-refractivity contribution is 9.10. The summed E-state index contributed by atoms with van der Waals surface area (Å²) in [6.45, 7) is 7.10. The van der Waals surface area contributed by atoms with Crippen molar-refractivity contribution < 1.29 is 19.0 Å². The Balaban J connectivity index is 2.72. The first-order chi connectivity index (χ1) is 10.0. The highest BCUT2D eigenvalue weighted by atomic mass is 79.9. The maximum atomic E-state index is 13.8. The summed E-state index contributed by atoms with van der Waals surface area (Å²) < 4.78 is 19.8. The lowest BCUT2D eigenvalue weighted by Crippen LogP contribution is -2.42. The maximum absolute atomic E-state index is 13.8. The van der Waals surface area contributed by atoms with E-state index >= 15 is 0 Å². The van der Waals surface area contributed by atoms with Gasteiger partial charge in [-0.1, -0.05) is 22.9 Å². The van der Waals surface area contributed by atoms with Gasteiger partial charge in [-0.2, -0.15) is 0 Å². The van der Waals surface area contributed by atoms with Gasteiger partial charge >= 0.3 is 6.09 Å². The van der Waals surface area contributed by atoms with Gasteiger partial charge in [-0.25, -0.2) is 9.18 Å². The first-order valence-corrected chi connectivity index (χ1v) is 7.86. The molecule has 0 saturated heterocycles. The van der Waals surface area contributed by atoms with Crippen LogP contribution in [0.15, 0.2) is 22.7 Å². The number of nitrogens with one attached hydrogen (secondary N) is 1. The number of aliphatic hydroxyl groups excluding tert-OH is 1. The number of aliphatic hydroxyl groups is 1. The molecule has 0 fully saturated rings. The predicted molar refractivity (Wildman–Crippen MR) is 87.2 cm³/mol. The second-order valence-corrected chi connectivity index (χ2v) is 7.65. The number of rotatable bonds is 5. The molecule has 0 heterocycles. The van der Waals surface area contributed by atoms with E-state index in [4.69, 9.17) is 4.74 Å². The lowest BCUT2D eigenvalue weighted by Gasteiger charge is -2.29. The van der Waals surface area contributed by atoms with Crippen molar-refractivity contribution in [2.75, 3.05) is 13.2 Å². The fourth-order valence-corrected chi connectivity index (χ4v) is 2.32. The first kappa shape index (κ1) is 18.9. The van der Waals surface area contributed by atoms with Crippen LogP contribution in [0.4, 0.5) is 9.18 Å². The highest BCUT2D eigenvalue weighted by Crippen LogP contribution is 2.25. The molecule has 0 radical (unpaired) electrons. The van der Waals surface area contributed by atoms with Crippen LogP contribution < -0.4 is 5.32 Å². The maximum Gasteiger partial charge on any atom is 0.407 e. The molecule has 0 bridgehead atoms. The molecule has 1 atom stereocenters. The van der Waals surface area contributed by atoms with Crippen molar-refractivity contribution in [1.82, 2.24) is 5.32 Å². The number of ether oxygens (including phenoxy) is 1. The van der Waals surface area contributed by atoms with Crippen molar-refractivity contribution in [3.8, 4) is 0 Å². The fraction of sp³-hybridized carbons (Fsp3) is 0.562. The standard InChI is InChI=1S/C16H23BrFNO3/c1-15(2,3)22-14(21)19-9-16(4,10-20)8-11-7-12(17)5-6-13(11)18/h5-7,20H,8-10H2,1-4H3,(H,19,21). The summed E-state index contributed by atoms with van der Waals surface area (Å²) in [4.78, 5) is 11.7. The summed E-state index contributed by atoms with van der Waals surface area (Å²) in [5, 5.41) is 12.3. The smallest absolute Gasteiger partial charge is 0.407 e. The molecule has 6 heteroatoms. The average molecular weight is 376 g/mol. The highest BCUT2D eigenvalue weighted by Gasteiger charge is 2.27. The fourth-order valence-electron chi connectivity index (χ4n) is 1.91. The van der Waals surface area contributed by atoms with Crippen molar-refractivity contribution in [2.45, 2.75) is 39.7 Å². The van der Waals surface area contributed by atoms with Gasteiger partial charge in [-0.15, -0.1) is 0 Å². The predicted octanol–water partition coefficient (Wildman–Crippen LogP) is 3.65. The van der Waals surface area contributed by atoms with Gasteiger partial charge in [0, 0.05) is 16.4 Å². The largest absolute Gasteiger partial charge is 0.444 e. The van der Waals surface area contributed by atoms with Gasteiger partial charge < -0.3 is 15.2 Å². The molecule has 124 valence electrons. The Morgan fingerprint density at radius 2 is 2.00 bits per heavy atom. The minimum atomic E-state index is -0.682. The van der Waals surface area contributed by atoms with Gasteiger partial charge in [0.15, 0.2) is 0 Å². The van der Waals surface area contributed by atoms with E-state index in [-0.39, 0.29) is 19.0 Å². The molecule has 1 amide bonds. The molecule has 0 spiro atoms. The van der Waals surface area contributed by atoms with Crippen molar-refractivity contribution in [2.24, 2.45) is 5.41 Å². The number of hydrogen-bond donors (Lipinski definition) is 2. The number of hydrogen-bond acceptors (Lipinski definition) is 3. The van der Waals surface area contributed by atoms with E-state index in [2.05, 4.69) is 21.2 Å². The van der Waals surface area contributed by atoms with Gasteiger partial charge in [-0.3, -0.25) is 0 Å². The zero-order chi connectivity index (χ0) is 17.0. The molecule has 2 N–H and O–H groups in total. The van der Waals surface area contributed by atoms with E-state index in [0.29, 0.717) is 12.0 Å². The summed E-state index contributed by atoms with van der Waals surface area (Å²) in [6, 6.07) is 4.67. The topological polar surface area (TPSA) is 58.6 Å². The Hall–Kier alpha value is -1.14. The van der Waals surface area contributed by atoms with Crippen LogP contribution in [0.3, 0.4) is 0 Å². The number of benzene rings is 1. The van der Waals surface area contributed by atoms with Crippen LogP contribution in [-0.4, -0.2) is 30.0 Å². The minimum Gasteiger partial charge on any atom is -0.444 e. The monoisotopic (exact) mass is 375 g/mol. The van der Waals surface area contributed by atoms with E-state index in [9.17, 15) is 14.3 Å². The van der Waals surface area contributed by atoms with Crippen molar-refractivity contribution in [1.29, 1.82) is 0 Å². The molecule has 1 aromatic rings. The van der Waals surface area contributed by atoms with Crippen LogP contribution in [-0.2, 0) is 11.2 Å². The van der Waals surface area contributed by atoms with Gasteiger partial charge in [0.05, 0.1) is 6.61 Å². The van der Waals surface area contributed by atoms with E-state index in [1.165, 1.54) is 6.07 Å². The molecule has 0 aliphatic rings. The summed E-state index contributed by atoms with van der Waals surface area (Å²) >= 11 is 3.30. The number of halogens is 2. The third-order valence-electron chi connectivity index (χ3n) is 3.07. The Morgan fingerprint density at radius 3 is 2.55 bits per heavy atom. The zero-order valence-electron chi connectivity index (χ0n) is 13.4. The van der Waals surface area contributed by atoms with Crippen LogP contribution >= 0.6 is 15.9 Å². The van der Waals surface area contributed by atoms with Crippen LogP contribution in [0, 0.1) is 11.2 Å². The summed E-state index contributed by atoms with van der Waals surface area (Å²) in [5.74, 6) is -0.333. The van der Waals surface area contributed by atoms with Crippen LogP contribution in [0.1, 0.15) is 33.3 Å². The van der Waals surface area contributed by atoms with Crippen molar-refractivity contribution in [3.05, 3.63) is 34.1 Å². The summed E-state index contributed by atoms with van der Waals surface area (Å²) in [5.41, 5.74) is -0.786. The third kappa shape index (κ3) is 6.32. The van der Waals surface area contributed by atoms with E-state index in [1.54, 1.807) is 39.8 Å². The minimum absolute atomic E-state index is 0.185. The molecular formula is C16H23BrFNO3. The number of carbonyl (C=O) groups excluding carboxylic acids is 1. The van der Waals surface area contributed by atoms with Crippen LogP contribution in [0.25, 0.3) is 0 Å². The van der Waals surface area contributed by atoms with Crippen molar-refractivity contribution in [3.63, 3.8) is 0 Å². The van der Waals surface area contributed by atoms with Gasteiger partial charge in [0.2, 0.25) is 0 Å². The second-order valence-electron chi connectivity index (χ2n) is 6.74. The summed E-state index contributed by atoms with van der Waals surface area (Å²) in [6.07, 6.45) is -0.258. The molecule has 0 aliphatic carbocycles. The molecule has 0 aromatic heterocycles. The van der Waals surface area contributed by atoms with E-state index in [1.807, 2.05) is 0 Å². The zero-order valence-corrected chi connectivity index (χ0v) is 15.0. The van der Waals surface area contributed by atoms with Gasteiger partial charge in [0.25, 0.3) is 0 Å². The first-order valence-electron chi connectivity index (χ1n) is 7.06. The van der Waals surface area contributed by atoms with E-state index in [0.717, 1.165) is 4.47 Å². The molecule has 1 rings (SSSR count). The molecular weight excluding hydrogens is 353 g/mol. The quantitative estimate of drug-likeness (QED) is 0.825. The molecule has 0 aliphatic heterocycles. The second kappa shape index (κ2) is 7.42.